The molecule has 0 radical (unpaired) electrons. The van der Waals surface area contributed by atoms with Crippen molar-refractivity contribution >= 4 is 23.0 Å². The molecule has 122 valence electrons. The van der Waals surface area contributed by atoms with Gasteiger partial charge in [-0.15, -0.1) is 0 Å². The van der Waals surface area contributed by atoms with Gasteiger partial charge in [-0.25, -0.2) is 0 Å². The number of rotatable bonds is 3. The molecule has 5 atom stereocenters. The Kier molecular flexibility index (Phi) is 3.92. The Labute approximate surface area is 144 Å². The van der Waals surface area contributed by atoms with E-state index in [-0.39, 0.29) is 0 Å². The molecule has 3 aliphatic rings. The minimum Gasteiger partial charge on any atom is -0.359 e. The average Bonchev–Trinajstić information content (AvgIpc) is 3.19. The lowest BCUT2D eigenvalue weighted by Gasteiger charge is -2.32. The lowest BCUT2D eigenvalue weighted by atomic mass is 9.79. The Morgan fingerprint density at radius 2 is 1.91 bits per heavy atom. The first-order chi connectivity index (χ1) is 11.1. The lowest BCUT2D eigenvalue weighted by molar-refractivity contribution is 0.246. The molecule has 1 aromatic carbocycles. The van der Waals surface area contributed by atoms with Gasteiger partial charge >= 0.3 is 0 Å². The molecule has 3 heteroatoms. The number of anilines is 1. The molecule has 0 amide bonds. The highest BCUT2D eigenvalue weighted by molar-refractivity contribution is 7.80. The molecule has 0 heterocycles. The molecule has 1 aromatic rings. The number of fused-ring (bicyclic) bond motifs is 5. The van der Waals surface area contributed by atoms with Gasteiger partial charge in [0.2, 0.25) is 0 Å². The van der Waals surface area contributed by atoms with Crippen LogP contribution in [0.1, 0.15) is 44.6 Å². The molecule has 0 spiro atoms. The molecule has 0 aromatic heterocycles. The van der Waals surface area contributed by atoms with Crippen molar-refractivity contribution in [2.24, 2.45) is 23.7 Å². The maximum atomic E-state index is 5.55. The molecule has 0 saturated heterocycles. The fraction of sp³-hybridized carbons (Fsp3) is 0.550. The summed E-state index contributed by atoms with van der Waals surface area (Å²) in [4.78, 5) is 0. The van der Waals surface area contributed by atoms with Gasteiger partial charge in [-0.1, -0.05) is 38.1 Å². The molecule has 0 unspecified atom stereocenters. The van der Waals surface area contributed by atoms with Gasteiger partial charge < -0.3 is 10.6 Å². The third-order valence-corrected chi connectivity index (χ3v) is 6.38. The molecular formula is C20H26N2S. The van der Waals surface area contributed by atoms with Gasteiger partial charge in [0, 0.05) is 11.7 Å². The minimum atomic E-state index is 0.555. The van der Waals surface area contributed by atoms with E-state index in [1.54, 1.807) is 0 Å². The third kappa shape index (κ3) is 2.80. The van der Waals surface area contributed by atoms with Crippen molar-refractivity contribution in [1.29, 1.82) is 0 Å². The zero-order chi connectivity index (χ0) is 16.0. The highest BCUT2D eigenvalue weighted by atomic mass is 32.1. The fourth-order valence-electron chi connectivity index (χ4n) is 5.00. The van der Waals surface area contributed by atoms with Gasteiger partial charge in [0.1, 0.15) is 0 Å². The lowest BCUT2D eigenvalue weighted by Crippen LogP contribution is -2.44. The quantitative estimate of drug-likeness (QED) is 0.622. The van der Waals surface area contributed by atoms with E-state index in [2.05, 4.69) is 60.9 Å². The molecule has 2 bridgehead atoms. The summed E-state index contributed by atoms with van der Waals surface area (Å²) in [5.74, 6) is 4.00. The van der Waals surface area contributed by atoms with Crippen molar-refractivity contribution in [1.82, 2.24) is 5.32 Å². The average molecular weight is 327 g/mol. The second-order valence-corrected chi connectivity index (χ2v) is 8.19. The summed E-state index contributed by atoms with van der Waals surface area (Å²) >= 11 is 5.55. The largest absolute Gasteiger partial charge is 0.359 e. The van der Waals surface area contributed by atoms with Gasteiger partial charge in [0.15, 0.2) is 5.11 Å². The van der Waals surface area contributed by atoms with Crippen LogP contribution < -0.4 is 10.6 Å². The highest BCUT2D eigenvalue weighted by Crippen LogP contribution is 2.56. The Bertz CT molecular complexity index is 619. The summed E-state index contributed by atoms with van der Waals surface area (Å²) in [6.07, 6.45) is 8.85. The van der Waals surface area contributed by atoms with Crippen molar-refractivity contribution < 1.29 is 0 Å². The molecule has 2 N–H and O–H groups in total. The first-order valence-electron chi connectivity index (χ1n) is 8.96. The summed E-state index contributed by atoms with van der Waals surface area (Å²) in [5, 5.41) is 7.73. The summed E-state index contributed by atoms with van der Waals surface area (Å²) < 4.78 is 0. The summed E-state index contributed by atoms with van der Waals surface area (Å²) in [5.41, 5.74) is 2.44. The maximum absolute atomic E-state index is 5.55. The van der Waals surface area contributed by atoms with Crippen molar-refractivity contribution in [3.63, 3.8) is 0 Å². The van der Waals surface area contributed by atoms with Crippen LogP contribution in [0, 0.1) is 23.7 Å². The second-order valence-electron chi connectivity index (χ2n) is 7.78. The summed E-state index contributed by atoms with van der Waals surface area (Å²) in [7, 11) is 0. The number of hydrogen-bond donors (Lipinski definition) is 2. The molecule has 3 aliphatic carbocycles. The van der Waals surface area contributed by atoms with Crippen LogP contribution in [0.5, 0.6) is 0 Å². The standard InChI is InChI=1S/C20H26N2S/c1-12(2)13-6-8-15(9-7-13)21-20(23)22-19-11-14-10-18(19)17-5-3-4-16(14)17/h3,5-9,12,14,16-19H,4,10-11H2,1-2H3,(H2,21,22,23)/t14-,16-,17-,18+,19+/m1/s1. The highest BCUT2D eigenvalue weighted by Gasteiger charge is 2.52. The SMILES string of the molecule is CC(C)c1ccc(NC(=S)N[C@H]2C[C@H]3C[C@H]2[C@@H]2C=CC[C@H]32)cc1. The van der Waals surface area contributed by atoms with Crippen molar-refractivity contribution in [3.8, 4) is 0 Å². The van der Waals surface area contributed by atoms with E-state index in [0.717, 1.165) is 34.5 Å². The van der Waals surface area contributed by atoms with Crippen LogP contribution in [0.25, 0.3) is 0 Å². The molecule has 2 nitrogen and oxygen atoms in total. The summed E-state index contributed by atoms with van der Waals surface area (Å²) in [6, 6.07) is 9.17. The second kappa shape index (κ2) is 5.94. The Balaban J connectivity index is 1.35. The number of nitrogens with one attached hydrogen (secondary N) is 2. The minimum absolute atomic E-state index is 0.555. The number of hydrogen-bond acceptors (Lipinski definition) is 1. The number of allylic oxidation sites excluding steroid dienone is 2. The van der Waals surface area contributed by atoms with Crippen molar-refractivity contribution in [3.05, 3.63) is 42.0 Å². The smallest absolute Gasteiger partial charge is 0.171 e. The van der Waals surface area contributed by atoms with Crippen LogP contribution in [-0.2, 0) is 0 Å². The maximum Gasteiger partial charge on any atom is 0.171 e. The molecule has 2 fully saturated rings. The van der Waals surface area contributed by atoms with E-state index in [1.165, 1.54) is 24.8 Å². The van der Waals surface area contributed by atoms with Gasteiger partial charge in [-0.05, 0) is 78.8 Å². The molecule has 23 heavy (non-hydrogen) atoms. The first-order valence-corrected chi connectivity index (χ1v) is 9.37. The van der Waals surface area contributed by atoms with Crippen LogP contribution in [0.3, 0.4) is 0 Å². The van der Waals surface area contributed by atoms with Crippen LogP contribution in [-0.4, -0.2) is 11.2 Å². The monoisotopic (exact) mass is 326 g/mol. The normalized spacial score (nSPS) is 34.0. The van der Waals surface area contributed by atoms with E-state index in [9.17, 15) is 0 Å². The number of thiocarbonyl (C=S) groups is 1. The van der Waals surface area contributed by atoms with Crippen LogP contribution in [0.2, 0.25) is 0 Å². The van der Waals surface area contributed by atoms with Gasteiger partial charge in [-0.3, -0.25) is 0 Å². The van der Waals surface area contributed by atoms with Crippen molar-refractivity contribution in [2.45, 2.75) is 45.1 Å². The van der Waals surface area contributed by atoms with Crippen molar-refractivity contribution in [2.75, 3.05) is 5.32 Å². The fourth-order valence-corrected chi connectivity index (χ4v) is 5.27. The first kappa shape index (κ1) is 15.2. The van der Waals surface area contributed by atoms with Gasteiger partial charge in [0.05, 0.1) is 0 Å². The Morgan fingerprint density at radius 1 is 1.13 bits per heavy atom. The topological polar surface area (TPSA) is 24.1 Å². The van der Waals surface area contributed by atoms with E-state index in [1.807, 2.05) is 0 Å². The molecule has 2 saturated carbocycles. The van der Waals surface area contributed by atoms with Crippen LogP contribution in [0.15, 0.2) is 36.4 Å². The Hall–Kier alpha value is -1.35. The van der Waals surface area contributed by atoms with E-state index >= 15 is 0 Å². The van der Waals surface area contributed by atoms with E-state index < -0.39 is 0 Å². The third-order valence-electron chi connectivity index (χ3n) is 6.16. The van der Waals surface area contributed by atoms with E-state index in [0.29, 0.717) is 12.0 Å². The van der Waals surface area contributed by atoms with Crippen LogP contribution in [0.4, 0.5) is 5.69 Å². The molecule has 0 aliphatic heterocycles. The van der Waals surface area contributed by atoms with Crippen LogP contribution >= 0.6 is 12.2 Å². The predicted octanol–water partition coefficient (Wildman–Crippen LogP) is 4.70. The number of benzene rings is 1. The molecular weight excluding hydrogens is 300 g/mol. The van der Waals surface area contributed by atoms with Gasteiger partial charge in [-0.2, -0.15) is 0 Å². The Morgan fingerprint density at radius 3 is 2.65 bits per heavy atom. The zero-order valence-electron chi connectivity index (χ0n) is 14.0. The zero-order valence-corrected chi connectivity index (χ0v) is 14.8. The van der Waals surface area contributed by atoms with E-state index in [4.69, 9.17) is 12.2 Å². The summed E-state index contributed by atoms with van der Waals surface area (Å²) in [6.45, 7) is 4.43. The van der Waals surface area contributed by atoms with Gasteiger partial charge in [0.25, 0.3) is 0 Å². The predicted molar refractivity (Wildman–Crippen MR) is 101 cm³/mol. The molecule has 4 rings (SSSR count).